The lowest BCUT2D eigenvalue weighted by Crippen LogP contribution is -2.24. The Hall–Kier alpha value is -3.32. The number of amides is 1. The van der Waals surface area contributed by atoms with E-state index in [9.17, 15) is 4.79 Å². The van der Waals surface area contributed by atoms with Crippen LogP contribution in [0.1, 0.15) is 16.1 Å². The van der Waals surface area contributed by atoms with Crippen molar-refractivity contribution in [2.45, 2.75) is 6.54 Å². The molecule has 0 unspecified atom stereocenters. The van der Waals surface area contributed by atoms with Crippen molar-refractivity contribution in [1.82, 2.24) is 14.7 Å². The van der Waals surface area contributed by atoms with Crippen molar-refractivity contribution < 1.29 is 14.3 Å². The number of carbonyl (C=O) groups excluding carboxylic acids is 1. The Balaban J connectivity index is 1.55. The summed E-state index contributed by atoms with van der Waals surface area (Å²) < 4.78 is 12.3. The van der Waals surface area contributed by atoms with E-state index < -0.39 is 0 Å². The average molecular weight is 393 g/mol. The van der Waals surface area contributed by atoms with Crippen LogP contribution in [0.3, 0.4) is 0 Å². The van der Waals surface area contributed by atoms with Crippen LogP contribution in [0, 0.1) is 0 Å². The Morgan fingerprint density at radius 1 is 1.11 bits per heavy atom. The van der Waals surface area contributed by atoms with E-state index in [0.29, 0.717) is 12.2 Å². The molecule has 2 aromatic heterocycles. The van der Waals surface area contributed by atoms with Crippen LogP contribution in [-0.4, -0.2) is 29.5 Å². The SMILES string of the molecule is COc1ccc(-c2cn3c(C(=O)NCc4ccccc4OC)csc3n2)cc1. The van der Waals surface area contributed by atoms with Crippen LogP contribution in [0.4, 0.5) is 0 Å². The minimum Gasteiger partial charge on any atom is -0.497 e. The second-order valence-electron chi connectivity index (χ2n) is 6.12. The van der Waals surface area contributed by atoms with E-state index in [1.165, 1.54) is 11.3 Å². The summed E-state index contributed by atoms with van der Waals surface area (Å²) in [5, 5.41) is 4.77. The van der Waals surface area contributed by atoms with Crippen LogP contribution in [0.15, 0.2) is 60.1 Å². The monoisotopic (exact) mass is 393 g/mol. The number of carbonyl (C=O) groups is 1. The molecule has 7 heteroatoms. The van der Waals surface area contributed by atoms with Crippen molar-refractivity contribution in [3.05, 3.63) is 71.4 Å². The Labute approximate surface area is 166 Å². The maximum absolute atomic E-state index is 12.7. The summed E-state index contributed by atoms with van der Waals surface area (Å²) in [6.45, 7) is 0.389. The van der Waals surface area contributed by atoms with Gasteiger partial charge in [0, 0.05) is 29.2 Å². The van der Waals surface area contributed by atoms with Gasteiger partial charge >= 0.3 is 0 Å². The second-order valence-corrected chi connectivity index (χ2v) is 6.96. The number of hydrogen-bond acceptors (Lipinski definition) is 5. The Kier molecular flexibility index (Phi) is 4.99. The molecule has 0 saturated heterocycles. The molecule has 0 radical (unpaired) electrons. The molecule has 4 aromatic rings. The average Bonchev–Trinajstić information content (AvgIpc) is 3.33. The number of methoxy groups -OCH3 is 2. The van der Waals surface area contributed by atoms with E-state index in [-0.39, 0.29) is 5.91 Å². The van der Waals surface area contributed by atoms with Crippen LogP contribution in [0.2, 0.25) is 0 Å². The largest absolute Gasteiger partial charge is 0.497 e. The first-order valence-corrected chi connectivity index (χ1v) is 9.58. The Morgan fingerprint density at radius 3 is 2.64 bits per heavy atom. The number of aromatic nitrogens is 2. The van der Waals surface area contributed by atoms with Gasteiger partial charge in [0.15, 0.2) is 4.96 Å². The number of fused-ring (bicyclic) bond motifs is 1. The highest BCUT2D eigenvalue weighted by molar-refractivity contribution is 7.15. The molecule has 0 aliphatic heterocycles. The van der Waals surface area contributed by atoms with Crippen molar-refractivity contribution in [1.29, 1.82) is 0 Å². The quantitative estimate of drug-likeness (QED) is 0.538. The fourth-order valence-electron chi connectivity index (χ4n) is 2.96. The molecule has 0 bridgehead atoms. The Bertz CT molecular complexity index is 1120. The number of thiazole rings is 1. The van der Waals surface area contributed by atoms with Gasteiger partial charge in [0.2, 0.25) is 0 Å². The van der Waals surface area contributed by atoms with Crippen LogP contribution in [0.5, 0.6) is 11.5 Å². The van der Waals surface area contributed by atoms with Crippen molar-refractivity contribution >= 4 is 22.2 Å². The van der Waals surface area contributed by atoms with Crippen molar-refractivity contribution in [3.8, 4) is 22.8 Å². The molecule has 0 spiro atoms. The predicted molar refractivity (Wildman–Crippen MR) is 109 cm³/mol. The first kappa shape index (κ1) is 18.1. The molecule has 0 fully saturated rings. The highest BCUT2D eigenvalue weighted by atomic mass is 32.1. The number of imidazole rings is 1. The third kappa shape index (κ3) is 3.44. The molecule has 2 heterocycles. The fraction of sp³-hybridized carbons (Fsp3) is 0.143. The molecule has 1 amide bonds. The van der Waals surface area contributed by atoms with E-state index in [1.807, 2.05) is 64.5 Å². The summed E-state index contributed by atoms with van der Waals surface area (Å²) in [4.78, 5) is 18.1. The Morgan fingerprint density at radius 2 is 1.89 bits per heavy atom. The third-order valence-corrected chi connectivity index (χ3v) is 5.30. The minimum atomic E-state index is -0.157. The number of nitrogens with zero attached hydrogens (tertiary/aromatic N) is 2. The van der Waals surface area contributed by atoms with Gasteiger partial charge in [-0.05, 0) is 30.3 Å². The summed E-state index contributed by atoms with van der Waals surface area (Å²) in [5.41, 5.74) is 3.27. The van der Waals surface area contributed by atoms with E-state index in [2.05, 4.69) is 10.3 Å². The summed E-state index contributed by atoms with van der Waals surface area (Å²) in [7, 11) is 3.26. The van der Waals surface area contributed by atoms with E-state index in [4.69, 9.17) is 9.47 Å². The zero-order valence-electron chi connectivity index (χ0n) is 15.5. The molecular formula is C21H19N3O3S. The molecule has 0 saturated carbocycles. The predicted octanol–water partition coefficient (Wildman–Crippen LogP) is 4.01. The number of ether oxygens (including phenoxy) is 2. The molecule has 0 aliphatic carbocycles. The van der Waals surface area contributed by atoms with Crippen LogP contribution in [0.25, 0.3) is 16.2 Å². The maximum Gasteiger partial charge on any atom is 0.269 e. The lowest BCUT2D eigenvalue weighted by Gasteiger charge is -2.09. The van der Waals surface area contributed by atoms with Crippen molar-refractivity contribution in [2.75, 3.05) is 14.2 Å². The number of benzene rings is 2. The van der Waals surface area contributed by atoms with Gasteiger partial charge in [0.25, 0.3) is 5.91 Å². The summed E-state index contributed by atoms with van der Waals surface area (Å²) in [6.07, 6.45) is 1.88. The first-order valence-electron chi connectivity index (χ1n) is 8.70. The standard InChI is InChI=1S/C21H19N3O3S/c1-26-16-9-7-14(8-10-16)17-12-24-18(13-28-21(24)23-17)20(25)22-11-15-5-3-4-6-19(15)27-2/h3-10,12-13H,11H2,1-2H3,(H,22,25). The zero-order valence-corrected chi connectivity index (χ0v) is 16.3. The zero-order chi connectivity index (χ0) is 19.5. The summed E-state index contributed by atoms with van der Waals surface area (Å²) in [6, 6.07) is 15.3. The van der Waals surface area contributed by atoms with Crippen LogP contribution in [-0.2, 0) is 6.54 Å². The molecule has 142 valence electrons. The molecule has 2 aromatic carbocycles. The normalized spacial score (nSPS) is 10.8. The van der Waals surface area contributed by atoms with Gasteiger partial charge in [-0.1, -0.05) is 18.2 Å². The maximum atomic E-state index is 12.7. The van der Waals surface area contributed by atoms with Gasteiger partial charge in [-0.2, -0.15) is 0 Å². The molecule has 4 rings (SSSR count). The summed E-state index contributed by atoms with van der Waals surface area (Å²) in [5.74, 6) is 1.39. The topological polar surface area (TPSA) is 64.9 Å². The molecule has 28 heavy (non-hydrogen) atoms. The van der Waals surface area contributed by atoms with Crippen LogP contribution >= 0.6 is 11.3 Å². The van der Waals surface area contributed by atoms with Crippen molar-refractivity contribution in [2.24, 2.45) is 0 Å². The lowest BCUT2D eigenvalue weighted by molar-refractivity contribution is 0.0945. The van der Waals surface area contributed by atoms with E-state index in [1.54, 1.807) is 14.2 Å². The highest BCUT2D eigenvalue weighted by Crippen LogP contribution is 2.25. The van der Waals surface area contributed by atoms with Gasteiger partial charge < -0.3 is 14.8 Å². The number of nitrogens with one attached hydrogen (secondary N) is 1. The number of rotatable bonds is 6. The van der Waals surface area contributed by atoms with Gasteiger partial charge in [0.1, 0.15) is 17.2 Å². The first-order chi connectivity index (χ1) is 13.7. The van der Waals surface area contributed by atoms with E-state index in [0.717, 1.165) is 33.3 Å². The highest BCUT2D eigenvalue weighted by Gasteiger charge is 2.15. The summed E-state index contributed by atoms with van der Waals surface area (Å²) >= 11 is 1.44. The molecular weight excluding hydrogens is 374 g/mol. The van der Waals surface area contributed by atoms with Gasteiger partial charge in [-0.3, -0.25) is 9.20 Å². The lowest BCUT2D eigenvalue weighted by atomic mass is 10.2. The van der Waals surface area contributed by atoms with E-state index >= 15 is 0 Å². The fourth-order valence-corrected chi connectivity index (χ4v) is 3.82. The van der Waals surface area contributed by atoms with Gasteiger partial charge in [0.05, 0.1) is 19.9 Å². The third-order valence-electron chi connectivity index (χ3n) is 4.46. The van der Waals surface area contributed by atoms with Gasteiger partial charge in [-0.25, -0.2) is 4.98 Å². The molecule has 0 atom stereocenters. The molecule has 6 nitrogen and oxygen atoms in total. The minimum absolute atomic E-state index is 0.157. The molecule has 1 N–H and O–H groups in total. The smallest absolute Gasteiger partial charge is 0.269 e. The second kappa shape index (κ2) is 7.74. The number of hydrogen-bond donors (Lipinski definition) is 1. The van der Waals surface area contributed by atoms with Crippen LogP contribution < -0.4 is 14.8 Å². The number of para-hydroxylation sites is 1. The van der Waals surface area contributed by atoms with Crippen molar-refractivity contribution in [3.63, 3.8) is 0 Å². The molecule has 0 aliphatic rings. The van der Waals surface area contributed by atoms with Gasteiger partial charge in [-0.15, -0.1) is 11.3 Å².